The van der Waals surface area contributed by atoms with Crippen molar-refractivity contribution in [2.24, 2.45) is 0 Å². The number of aryl methyl sites for hydroxylation is 3. The van der Waals surface area contributed by atoms with E-state index in [4.69, 9.17) is 0 Å². The summed E-state index contributed by atoms with van der Waals surface area (Å²) in [5.41, 5.74) is 5.42. The molecule has 0 aliphatic heterocycles. The second kappa shape index (κ2) is 7.30. The average Bonchev–Trinajstić information content (AvgIpc) is 2.89. The molecule has 1 atom stereocenters. The van der Waals surface area contributed by atoms with Crippen LogP contribution in [0.25, 0.3) is 10.9 Å². The zero-order valence-corrected chi connectivity index (χ0v) is 15.2. The summed E-state index contributed by atoms with van der Waals surface area (Å²) in [6, 6.07) is 10.2. The maximum absolute atomic E-state index is 13.7. The van der Waals surface area contributed by atoms with E-state index in [1.165, 1.54) is 12.1 Å². The van der Waals surface area contributed by atoms with Gasteiger partial charge in [0.15, 0.2) is 0 Å². The highest BCUT2D eigenvalue weighted by atomic mass is 19.1. The smallest absolute Gasteiger partial charge is 0.224 e. The summed E-state index contributed by atoms with van der Waals surface area (Å²) in [6.45, 7) is 5.99. The number of aromatic amines is 1. The van der Waals surface area contributed by atoms with Gasteiger partial charge < -0.3 is 15.4 Å². The SMILES string of the molecule is Cc1cc(C)c2[nH]c(C)c(CC(=O)NC[C@H](O)c3ccccc3F)c2c1. The molecular weight excluding hydrogens is 331 g/mol. The standard InChI is InChI=1S/C21H23FN2O2/c1-12-8-13(2)21-17(9-12)16(14(3)24-21)10-20(26)23-11-19(25)15-6-4-5-7-18(15)22/h4-9,19,24-25H,10-11H2,1-3H3,(H,23,26)/t19-/m0/s1. The summed E-state index contributed by atoms with van der Waals surface area (Å²) >= 11 is 0. The largest absolute Gasteiger partial charge is 0.386 e. The number of H-pyrrole nitrogens is 1. The van der Waals surface area contributed by atoms with Crippen molar-refractivity contribution in [3.8, 4) is 0 Å². The van der Waals surface area contributed by atoms with Gasteiger partial charge in [-0.2, -0.15) is 0 Å². The molecule has 1 amide bonds. The molecule has 0 bridgehead atoms. The third-order valence-corrected chi connectivity index (χ3v) is 4.66. The van der Waals surface area contributed by atoms with Crippen LogP contribution in [-0.2, 0) is 11.2 Å². The van der Waals surface area contributed by atoms with Gasteiger partial charge in [-0.25, -0.2) is 4.39 Å². The van der Waals surface area contributed by atoms with Gasteiger partial charge in [0.05, 0.1) is 12.5 Å². The second-order valence-electron chi connectivity index (χ2n) is 6.75. The number of carbonyl (C=O) groups excluding carboxylic acids is 1. The highest BCUT2D eigenvalue weighted by Crippen LogP contribution is 2.26. The van der Waals surface area contributed by atoms with Crippen LogP contribution >= 0.6 is 0 Å². The Morgan fingerprint density at radius 2 is 1.96 bits per heavy atom. The molecule has 0 fully saturated rings. The summed E-state index contributed by atoms with van der Waals surface area (Å²) in [4.78, 5) is 15.7. The van der Waals surface area contributed by atoms with Crippen LogP contribution in [0.3, 0.4) is 0 Å². The Morgan fingerprint density at radius 3 is 2.69 bits per heavy atom. The van der Waals surface area contributed by atoms with Gasteiger partial charge >= 0.3 is 0 Å². The molecule has 0 spiro atoms. The first-order chi connectivity index (χ1) is 12.4. The lowest BCUT2D eigenvalue weighted by Crippen LogP contribution is -2.30. The van der Waals surface area contributed by atoms with Crippen LogP contribution in [-0.4, -0.2) is 22.5 Å². The fraction of sp³-hybridized carbons (Fsp3) is 0.286. The van der Waals surface area contributed by atoms with E-state index in [0.717, 1.165) is 33.3 Å². The lowest BCUT2D eigenvalue weighted by atomic mass is 10.0. The molecule has 26 heavy (non-hydrogen) atoms. The molecule has 2 aromatic carbocycles. The Labute approximate surface area is 152 Å². The number of rotatable bonds is 5. The highest BCUT2D eigenvalue weighted by molar-refractivity contribution is 5.92. The first kappa shape index (κ1) is 18.1. The van der Waals surface area contributed by atoms with Crippen molar-refractivity contribution in [3.63, 3.8) is 0 Å². The van der Waals surface area contributed by atoms with Gasteiger partial charge in [-0.3, -0.25) is 4.79 Å². The normalized spacial score (nSPS) is 12.3. The van der Waals surface area contributed by atoms with Crippen molar-refractivity contribution >= 4 is 16.8 Å². The van der Waals surface area contributed by atoms with Gasteiger partial charge in [0.1, 0.15) is 5.82 Å². The first-order valence-corrected chi connectivity index (χ1v) is 8.64. The Hall–Kier alpha value is -2.66. The Morgan fingerprint density at radius 1 is 1.23 bits per heavy atom. The molecule has 0 saturated carbocycles. The lowest BCUT2D eigenvalue weighted by molar-refractivity contribution is -0.120. The molecular formula is C21H23FN2O2. The van der Waals surface area contributed by atoms with Gasteiger partial charge in [0.2, 0.25) is 5.91 Å². The predicted octanol–water partition coefficient (Wildman–Crippen LogP) is 3.62. The zero-order valence-electron chi connectivity index (χ0n) is 15.2. The van der Waals surface area contributed by atoms with Crippen molar-refractivity contribution in [1.29, 1.82) is 0 Å². The topological polar surface area (TPSA) is 65.1 Å². The molecule has 0 aliphatic carbocycles. The van der Waals surface area contributed by atoms with Gasteiger partial charge in [0, 0.05) is 28.7 Å². The second-order valence-corrected chi connectivity index (χ2v) is 6.75. The lowest BCUT2D eigenvalue weighted by Gasteiger charge is -2.13. The Kier molecular flexibility index (Phi) is 5.09. The Balaban J connectivity index is 1.72. The number of nitrogens with one attached hydrogen (secondary N) is 2. The average molecular weight is 354 g/mol. The van der Waals surface area contributed by atoms with Crippen LogP contribution in [0, 0.1) is 26.6 Å². The fourth-order valence-electron chi connectivity index (χ4n) is 3.35. The quantitative estimate of drug-likeness (QED) is 0.655. The van der Waals surface area contributed by atoms with Gasteiger partial charge in [-0.05, 0) is 44.0 Å². The third kappa shape index (κ3) is 3.63. The van der Waals surface area contributed by atoms with Crippen molar-refractivity contribution in [2.45, 2.75) is 33.3 Å². The van der Waals surface area contributed by atoms with Crippen LogP contribution < -0.4 is 5.32 Å². The van der Waals surface area contributed by atoms with Gasteiger partial charge in [-0.15, -0.1) is 0 Å². The van der Waals surface area contributed by atoms with Crippen LogP contribution in [0.1, 0.15) is 34.1 Å². The molecule has 5 heteroatoms. The number of aliphatic hydroxyl groups excluding tert-OH is 1. The number of halogens is 1. The van der Waals surface area contributed by atoms with E-state index in [-0.39, 0.29) is 24.4 Å². The number of benzene rings is 2. The molecule has 0 saturated heterocycles. The molecule has 3 rings (SSSR count). The van der Waals surface area contributed by atoms with E-state index in [1.54, 1.807) is 12.1 Å². The minimum absolute atomic E-state index is 0.0285. The maximum Gasteiger partial charge on any atom is 0.224 e. The molecule has 0 radical (unpaired) electrons. The van der Waals surface area contributed by atoms with E-state index >= 15 is 0 Å². The third-order valence-electron chi connectivity index (χ3n) is 4.66. The summed E-state index contributed by atoms with van der Waals surface area (Å²) in [5.74, 6) is -0.684. The fourth-order valence-corrected chi connectivity index (χ4v) is 3.35. The molecule has 1 heterocycles. The monoisotopic (exact) mass is 354 g/mol. The highest BCUT2D eigenvalue weighted by Gasteiger charge is 2.16. The summed E-state index contributed by atoms with van der Waals surface area (Å²) in [6.07, 6.45) is -0.868. The number of hydrogen-bond donors (Lipinski definition) is 3. The molecule has 0 aliphatic rings. The summed E-state index contributed by atoms with van der Waals surface area (Å²) in [5, 5.41) is 13.9. The number of carbonyl (C=O) groups is 1. The molecule has 3 aromatic rings. The van der Waals surface area contributed by atoms with Crippen molar-refractivity contribution in [2.75, 3.05) is 6.54 Å². The van der Waals surface area contributed by atoms with Crippen LogP contribution in [0.2, 0.25) is 0 Å². The van der Waals surface area contributed by atoms with Crippen molar-refractivity contribution in [3.05, 3.63) is 70.2 Å². The molecule has 1 aromatic heterocycles. The van der Waals surface area contributed by atoms with E-state index in [1.807, 2.05) is 20.8 Å². The van der Waals surface area contributed by atoms with E-state index in [9.17, 15) is 14.3 Å². The molecule has 4 nitrogen and oxygen atoms in total. The number of amides is 1. The number of aromatic nitrogens is 1. The van der Waals surface area contributed by atoms with Gasteiger partial charge in [0.25, 0.3) is 0 Å². The van der Waals surface area contributed by atoms with Crippen molar-refractivity contribution in [1.82, 2.24) is 10.3 Å². The summed E-state index contributed by atoms with van der Waals surface area (Å²) in [7, 11) is 0. The van der Waals surface area contributed by atoms with E-state index in [2.05, 4.69) is 22.4 Å². The van der Waals surface area contributed by atoms with E-state index < -0.39 is 11.9 Å². The minimum atomic E-state index is -1.08. The Bertz CT molecular complexity index is 962. The number of hydrogen-bond acceptors (Lipinski definition) is 2. The predicted molar refractivity (Wildman–Crippen MR) is 101 cm³/mol. The van der Waals surface area contributed by atoms with Crippen LogP contribution in [0.4, 0.5) is 4.39 Å². The van der Waals surface area contributed by atoms with Crippen LogP contribution in [0.15, 0.2) is 36.4 Å². The zero-order chi connectivity index (χ0) is 18.8. The van der Waals surface area contributed by atoms with Crippen molar-refractivity contribution < 1.29 is 14.3 Å². The molecule has 0 unspecified atom stereocenters. The van der Waals surface area contributed by atoms with E-state index in [0.29, 0.717) is 0 Å². The first-order valence-electron chi connectivity index (χ1n) is 8.64. The minimum Gasteiger partial charge on any atom is -0.386 e. The summed E-state index contributed by atoms with van der Waals surface area (Å²) < 4.78 is 13.7. The number of aliphatic hydroxyl groups is 1. The number of fused-ring (bicyclic) bond motifs is 1. The van der Waals surface area contributed by atoms with Gasteiger partial charge in [-0.1, -0.05) is 29.8 Å². The molecule has 136 valence electrons. The maximum atomic E-state index is 13.7. The van der Waals surface area contributed by atoms with Crippen LogP contribution in [0.5, 0.6) is 0 Å². The molecule has 3 N–H and O–H groups in total.